The number of aromatic nitrogens is 2. The maximum atomic E-state index is 5.42. The number of para-hydroxylation sites is 2. The molecule has 3 rings (SSSR count). The molecule has 4 heteroatoms. The molecule has 4 nitrogen and oxygen atoms in total. The minimum Gasteiger partial charge on any atom is -0.381 e. The monoisotopic (exact) mass is 273 g/mol. The second kappa shape index (κ2) is 5.94. The number of benzene rings is 1. The summed E-state index contributed by atoms with van der Waals surface area (Å²) in [4.78, 5) is 8.07. The second-order valence-corrected chi connectivity index (χ2v) is 5.74. The summed E-state index contributed by atoms with van der Waals surface area (Å²) in [6, 6.07) is 9.01. The lowest BCUT2D eigenvalue weighted by molar-refractivity contribution is 0.0613. The first-order valence-corrected chi connectivity index (χ1v) is 7.49. The Morgan fingerprint density at radius 2 is 2.00 bits per heavy atom. The molecule has 108 valence electrons. The molecule has 1 aliphatic carbocycles. The van der Waals surface area contributed by atoms with Crippen molar-refractivity contribution in [1.29, 1.82) is 0 Å². The van der Waals surface area contributed by atoms with Crippen LogP contribution in [0.2, 0.25) is 0 Å². The van der Waals surface area contributed by atoms with E-state index in [1.807, 2.05) is 25.3 Å². The summed E-state index contributed by atoms with van der Waals surface area (Å²) in [5, 5.41) is 3.69. The zero-order chi connectivity index (χ0) is 13.9. The minimum atomic E-state index is 0.256. The van der Waals surface area contributed by atoms with Crippen LogP contribution >= 0.6 is 0 Å². The number of fused-ring (bicyclic) bond motifs is 1. The van der Waals surface area contributed by atoms with Crippen LogP contribution in [-0.4, -0.2) is 29.2 Å². The van der Waals surface area contributed by atoms with Crippen LogP contribution in [0.5, 0.6) is 0 Å². The molecule has 1 unspecified atom stereocenters. The highest BCUT2D eigenvalue weighted by atomic mass is 16.5. The highest BCUT2D eigenvalue weighted by Gasteiger charge is 2.23. The number of hydrogen-bond acceptors (Lipinski definition) is 3. The van der Waals surface area contributed by atoms with E-state index in [2.05, 4.69) is 28.3 Å². The molecular formula is C16H23N3O. The highest BCUT2D eigenvalue weighted by molar-refractivity contribution is 5.74. The van der Waals surface area contributed by atoms with Crippen LogP contribution < -0.4 is 5.32 Å². The fourth-order valence-electron chi connectivity index (χ4n) is 3.08. The number of H-pyrrole nitrogens is 1. The van der Waals surface area contributed by atoms with E-state index < -0.39 is 0 Å². The third-order valence-corrected chi connectivity index (χ3v) is 4.31. The van der Waals surface area contributed by atoms with Gasteiger partial charge in [-0.2, -0.15) is 0 Å². The molecule has 20 heavy (non-hydrogen) atoms. The molecule has 2 N–H and O–H groups in total. The van der Waals surface area contributed by atoms with Crippen molar-refractivity contribution in [1.82, 2.24) is 15.3 Å². The molecule has 0 saturated heterocycles. The van der Waals surface area contributed by atoms with Gasteiger partial charge in [-0.25, -0.2) is 4.98 Å². The lowest BCUT2D eigenvalue weighted by Gasteiger charge is -2.30. The van der Waals surface area contributed by atoms with Gasteiger partial charge in [0, 0.05) is 13.2 Å². The quantitative estimate of drug-likeness (QED) is 0.899. The molecule has 1 aromatic carbocycles. The number of nitrogens with zero attached hydrogens (tertiary/aromatic N) is 1. The second-order valence-electron chi connectivity index (χ2n) is 5.74. The predicted molar refractivity (Wildman–Crippen MR) is 80.7 cm³/mol. The van der Waals surface area contributed by atoms with Gasteiger partial charge in [0.2, 0.25) is 0 Å². The maximum absolute atomic E-state index is 5.42. The van der Waals surface area contributed by atoms with E-state index >= 15 is 0 Å². The van der Waals surface area contributed by atoms with Gasteiger partial charge in [0.05, 0.1) is 23.2 Å². The molecule has 1 saturated carbocycles. The molecule has 0 amide bonds. The van der Waals surface area contributed by atoms with Crippen molar-refractivity contribution in [2.45, 2.75) is 50.8 Å². The lowest BCUT2D eigenvalue weighted by Crippen LogP contribution is -2.36. The zero-order valence-corrected chi connectivity index (χ0v) is 12.2. The SMILES string of the molecule is COC1CCC(NC(C)c2nc3ccccc3[nH]2)CC1. The van der Waals surface area contributed by atoms with Gasteiger partial charge in [-0.3, -0.25) is 0 Å². The minimum absolute atomic E-state index is 0.256. The average Bonchev–Trinajstić information content (AvgIpc) is 2.92. The zero-order valence-electron chi connectivity index (χ0n) is 12.2. The number of imidazole rings is 1. The molecule has 1 fully saturated rings. The van der Waals surface area contributed by atoms with Crippen molar-refractivity contribution in [2.75, 3.05) is 7.11 Å². The fourth-order valence-corrected chi connectivity index (χ4v) is 3.08. The van der Waals surface area contributed by atoms with Crippen LogP contribution in [0, 0.1) is 0 Å². The molecular weight excluding hydrogens is 250 g/mol. The maximum Gasteiger partial charge on any atom is 0.124 e. The van der Waals surface area contributed by atoms with E-state index in [4.69, 9.17) is 4.74 Å². The Morgan fingerprint density at radius 3 is 2.70 bits per heavy atom. The Morgan fingerprint density at radius 1 is 1.25 bits per heavy atom. The summed E-state index contributed by atoms with van der Waals surface area (Å²) in [5.74, 6) is 1.03. The van der Waals surface area contributed by atoms with Gasteiger partial charge >= 0.3 is 0 Å². The van der Waals surface area contributed by atoms with Gasteiger partial charge < -0.3 is 15.0 Å². The van der Waals surface area contributed by atoms with Crippen LogP contribution in [0.4, 0.5) is 0 Å². The predicted octanol–water partition coefficient (Wildman–Crippen LogP) is 3.17. The Kier molecular flexibility index (Phi) is 4.03. The standard InChI is InChI=1S/C16H23N3O/c1-11(17-12-7-9-13(20-2)10-8-12)16-18-14-5-3-4-6-15(14)19-16/h3-6,11-13,17H,7-10H2,1-2H3,(H,18,19). The Hall–Kier alpha value is -1.39. The summed E-state index contributed by atoms with van der Waals surface area (Å²) in [7, 11) is 1.81. The fraction of sp³-hybridized carbons (Fsp3) is 0.562. The first-order chi connectivity index (χ1) is 9.76. The van der Waals surface area contributed by atoms with E-state index in [1.54, 1.807) is 0 Å². The van der Waals surface area contributed by atoms with Gasteiger partial charge in [-0.1, -0.05) is 12.1 Å². The third kappa shape index (κ3) is 2.86. The molecule has 1 heterocycles. The summed E-state index contributed by atoms with van der Waals surface area (Å²) < 4.78 is 5.42. The number of ether oxygens (including phenoxy) is 1. The van der Waals surface area contributed by atoms with Crippen LogP contribution in [0.1, 0.15) is 44.5 Å². The van der Waals surface area contributed by atoms with Gasteiger partial charge in [0.1, 0.15) is 5.82 Å². The smallest absolute Gasteiger partial charge is 0.124 e. The first-order valence-electron chi connectivity index (χ1n) is 7.49. The van der Waals surface area contributed by atoms with Gasteiger partial charge in [0.15, 0.2) is 0 Å². The summed E-state index contributed by atoms with van der Waals surface area (Å²) in [6.45, 7) is 2.18. The Labute approximate surface area is 119 Å². The summed E-state index contributed by atoms with van der Waals surface area (Å²) in [6.07, 6.45) is 5.13. The Balaban J connectivity index is 1.63. The average molecular weight is 273 g/mol. The van der Waals surface area contributed by atoms with E-state index in [1.165, 1.54) is 12.8 Å². The molecule has 0 spiro atoms. The molecule has 1 aromatic heterocycles. The molecule has 0 radical (unpaired) electrons. The van der Waals surface area contributed by atoms with Crippen molar-refractivity contribution in [2.24, 2.45) is 0 Å². The van der Waals surface area contributed by atoms with E-state index in [9.17, 15) is 0 Å². The number of nitrogens with one attached hydrogen (secondary N) is 2. The normalized spacial score (nSPS) is 24.9. The largest absolute Gasteiger partial charge is 0.381 e. The van der Waals surface area contributed by atoms with Crippen LogP contribution in [0.15, 0.2) is 24.3 Å². The van der Waals surface area contributed by atoms with Crippen molar-refractivity contribution in [3.8, 4) is 0 Å². The van der Waals surface area contributed by atoms with E-state index in [0.717, 1.165) is 29.7 Å². The lowest BCUT2D eigenvalue weighted by atomic mass is 9.92. The van der Waals surface area contributed by atoms with Crippen molar-refractivity contribution in [3.63, 3.8) is 0 Å². The van der Waals surface area contributed by atoms with Crippen LogP contribution in [0.3, 0.4) is 0 Å². The van der Waals surface area contributed by atoms with Crippen molar-refractivity contribution in [3.05, 3.63) is 30.1 Å². The van der Waals surface area contributed by atoms with Crippen molar-refractivity contribution < 1.29 is 4.74 Å². The molecule has 0 bridgehead atoms. The molecule has 2 aromatic rings. The van der Waals surface area contributed by atoms with Gasteiger partial charge in [-0.15, -0.1) is 0 Å². The van der Waals surface area contributed by atoms with E-state index in [-0.39, 0.29) is 6.04 Å². The number of aromatic amines is 1. The van der Waals surface area contributed by atoms with E-state index in [0.29, 0.717) is 12.1 Å². The Bertz CT molecular complexity index is 525. The van der Waals surface area contributed by atoms with Crippen LogP contribution in [-0.2, 0) is 4.74 Å². The van der Waals surface area contributed by atoms with Crippen molar-refractivity contribution >= 4 is 11.0 Å². The number of rotatable bonds is 4. The number of methoxy groups -OCH3 is 1. The highest BCUT2D eigenvalue weighted by Crippen LogP contribution is 2.23. The van der Waals surface area contributed by atoms with Crippen LogP contribution in [0.25, 0.3) is 11.0 Å². The third-order valence-electron chi connectivity index (χ3n) is 4.31. The summed E-state index contributed by atoms with van der Waals surface area (Å²) in [5.41, 5.74) is 2.15. The van der Waals surface area contributed by atoms with Gasteiger partial charge in [-0.05, 0) is 44.7 Å². The molecule has 1 atom stereocenters. The first kappa shape index (κ1) is 13.6. The summed E-state index contributed by atoms with van der Waals surface area (Å²) >= 11 is 0. The molecule has 0 aliphatic heterocycles. The van der Waals surface area contributed by atoms with Gasteiger partial charge in [0.25, 0.3) is 0 Å². The topological polar surface area (TPSA) is 49.9 Å². The molecule has 1 aliphatic rings. The number of hydrogen-bond donors (Lipinski definition) is 2.